The van der Waals surface area contributed by atoms with E-state index in [0.29, 0.717) is 11.0 Å². The van der Waals surface area contributed by atoms with E-state index >= 15 is 0 Å². The molecule has 5 nitrogen and oxygen atoms in total. The highest BCUT2D eigenvalue weighted by Gasteiger charge is 2.43. The highest BCUT2D eigenvalue weighted by atomic mass is 79.9. The van der Waals surface area contributed by atoms with E-state index in [4.69, 9.17) is 11.6 Å². The van der Waals surface area contributed by atoms with Gasteiger partial charge in [-0.25, -0.2) is 9.37 Å². The molecule has 1 aliphatic heterocycles. The number of aromatic nitrogens is 2. The van der Waals surface area contributed by atoms with E-state index in [-0.39, 0.29) is 22.9 Å². The van der Waals surface area contributed by atoms with Crippen molar-refractivity contribution in [2.24, 2.45) is 0 Å². The summed E-state index contributed by atoms with van der Waals surface area (Å²) in [5.41, 5.74) is 0.725. The molecular formula is C20H26BrClFN5. The molecule has 0 bridgehead atoms. The van der Waals surface area contributed by atoms with Gasteiger partial charge in [0.25, 0.3) is 0 Å². The Morgan fingerprint density at radius 1 is 1.21 bits per heavy atom. The Bertz CT molecular complexity index is 856. The summed E-state index contributed by atoms with van der Waals surface area (Å²) in [5, 5.41) is 6.95. The first-order valence-electron chi connectivity index (χ1n) is 9.23. The zero-order chi connectivity index (χ0) is 20.7. The summed E-state index contributed by atoms with van der Waals surface area (Å²) in [4.78, 5) is 10.8. The molecule has 0 spiro atoms. The maximum absolute atomic E-state index is 14.4. The van der Waals surface area contributed by atoms with Gasteiger partial charge in [0.15, 0.2) is 11.6 Å². The molecule has 0 unspecified atom stereocenters. The molecule has 0 aliphatic carbocycles. The molecule has 2 N–H and O–H groups in total. The van der Waals surface area contributed by atoms with Gasteiger partial charge in [-0.1, -0.05) is 11.6 Å². The minimum Gasteiger partial charge on any atom is -0.365 e. The fourth-order valence-corrected chi connectivity index (χ4v) is 4.33. The monoisotopic (exact) mass is 469 g/mol. The van der Waals surface area contributed by atoms with E-state index in [9.17, 15) is 4.39 Å². The van der Waals surface area contributed by atoms with Gasteiger partial charge in [-0.15, -0.1) is 0 Å². The van der Waals surface area contributed by atoms with Gasteiger partial charge in [-0.2, -0.15) is 4.98 Å². The number of rotatable bonds is 4. The fourth-order valence-electron chi connectivity index (χ4n) is 3.90. The third kappa shape index (κ3) is 4.58. The van der Waals surface area contributed by atoms with Crippen LogP contribution in [0.15, 0.2) is 28.9 Å². The summed E-state index contributed by atoms with van der Waals surface area (Å²) in [5.74, 6) is 0.0597. The molecule has 28 heavy (non-hydrogen) atoms. The van der Waals surface area contributed by atoms with Crippen LogP contribution in [0.1, 0.15) is 40.5 Å². The lowest BCUT2D eigenvalue weighted by atomic mass is 9.77. The van der Waals surface area contributed by atoms with Crippen LogP contribution >= 0.6 is 27.5 Å². The van der Waals surface area contributed by atoms with Crippen molar-refractivity contribution in [3.05, 3.63) is 39.7 Å². The van der Waals surface area contributed by atoms with Gasteiger partial charge in [-0.3, -0.25) is 4.90 Å². The molecule has 1 aromatic carbocycles. The molecule has 0 amide bonds. The Morgan fingerprint density at radius 3 is 2.46 bits per heavy atom. The molecule has 0 saturated carbocycles. The average molecular weight is 471 g/mol. The number of hydrogen-bond donors (Lipinski definition) is 2. The molecule has 0 radical (unpaired) electrons. The van der Waals surface area contributed by atoms with E-state index in [1.807, 2.05) is 12.1 Å². The topological polar surface area (TPSA) is 53.1 Å². The number of nitrogens with zero attached hydrogens (tertiary/aromatic N) is 3. The van der Waals surface area contributed by atoms with Crippen LogP contribution in [-0.4, -0.2) is 39.0 Å². The standard InChI is InChI=1S/C20H26BrClFN5/c1-19(2)9-13(10-20(3,4)28(19)5)25-17-16(23)11-24-18(27-17)26-12-6-7-14(21)15(22)8-12/h6-8,11,13H,9-10H2,1-5H3,(H2,24,25,26,27). The third-order valence-electron chi connectivity index (χ3n) is 5.57. The molecule has 2 heterocycles. The van der Waals surface area contributed by atoms with Gasteiger partial charge < -0.3 is 10.6 Å². The Labute approximate surface area is 179 Å². The predicted molar refractivity (Wildman–Crippen MR) is 117 cm³/mol. The van der Waals surface area contributed by atoms with Crippen LogP contribution in [0.3, 0.4) is 0 Å². The van der Waals surface area contributed by atoms with Crippen LogP contribution in [-0.2, 0) is 0 Å². The molecule has 1 aromatic heterocycles. The molecule has 8 heteroatoms. The van der Waals surface area contributed by atoms with E-state index in [2.05, 4.69) is 76.2 Å². The first-order valence-corrected chi connectivity index (χ1v) is 10.4. The first kappa shape index (κ1) is 21.3. The largest absolute Gasteiger partial charge is 0.365 e. The number of piperidine rings is 1. The number of hydrogen-bond acceptors (Lipinski definition) is 5. The van der Waals surface area contributed by atoms with E-state index in [1.54, 1.807) is 6.07 Å². The van der Waals surface area contributed by atoms with Gasteiger partial charge in [0.2, 0.25) is 5.95 Å². The fraction of sp³-hybridized carbons (Fsp3) is 0.500. The quantitative estimate of drug-likeness (QED) is 0.588. The minimum atomic E-state index is -0.464. The van der Waals surface area contributed by atoms with Crippen LogP contribution in [0.4, 0.5) is 21.8 Å². The number of nitrogens with one attached hydrogen (secondary N) is 2. The van der Waals surface area contributed by atoms with Crippen molar-refractivity contribution in [3.63, 3.8) is 0 Å². The third-order valence-corrected chi connectivity index (χ3v) is 6.80. The number of benzene rings is 1. The van der Waals surface area contributed by atoms with Crippen molar-refractivity contribution in [2.45, 2.75) is 57.7 Å². The SMILES string of the molecule is CN1C(C)(C)CC(Nc2nc(Nc3ccc(Br)c(Cl)c3)ncc2F)CC1(C)C. The smallest absolute Gasteiger partial charge is 0.229 e. The van der Waals surface area contributed by atoms with Crippen molar-refractivity contribution < 1.29 is 4.39 Å². The zero-order valence-corrected chi connectivity index (χ0v) is 19.1. The van der Waals surface area contributed by atoms with Crippen LogP contribution in [0, 0.1) is 5.82 Å². The van der Waals surface area contributed by atoms with Crippen molar-refractivity contribution in [1.82, 2.24) is 14.9 Å². The Kier molecular flexibility index (Phi) is 5.90. The first-order chi connectivity index (χ1) is 13.0. The highest BCUT2D eigenvalue weighted by Crippen LogP contribution is 2.38. The maximum Gasteiger partial charge on any atom is 0.229 e. The minimum absolute atomic E-state index is 0.00181. The highest BCUT2D eigenvalue weighted by molar-refractivity contribution is 9.10. The summed E-state index contributed by atoms with van der Waals surface area (Å²) < 4.78 is 15.2. The zero-order valence-electron chi connectivity index (χ0n) is 16.8. The van der Waals surface area contributed by atoms with Crippen molar-refractivity contribution in [3.8, 4) is 0 Å². The van der Waals surface area contributed by atoms with E-state index in [0.717, 1.165) is 23.0 Å². The lowest BCUT2D eigenvalue weighted by Gasteiger charge is -2.53. The second-order valence-corrected chi connectivity index (χ2v) is 9.84. The van der Waals surface area contributed by atoms with Crippen molar-refractivity contribution in [1.29, 1.82) is 0 Å². The summed E-state index contributed by atoms with van der Waals surface area (Å²) in [7, 11) is 2.15. The van der Waals surface area contributed by atoms with Crippen molar-refractivity contribution >= 4 is 45.0 Å². The summed E-state index contributed by atoms with van der Waals surface area (Å²) in [6, 6.07) is 5.54. The molecule has 0 atom stereocenters. The summed E-state index contributed by atoms with van der Waals surface area (Å²) in [6.07, 6.45) is 2.96. The molecule has 152 valence electrons. The lowest BCUT2D eigenvalue weighted by Crippen LogP contribution is -2.61. The van der Waals surface area contributed by atoms with Gasteiger partial charge >= 0.3 is 0 Å². The Hall–Kier alpha value is -1.44. The van der Waals surface area contributed by atoms with Gasteiger partial charge in [0, 0.05) is 27.3 Å². The molecule has 2 aromatic rings. The van der Waals surface area contributed by atoms with E-state index in [1.165, 1.54) is 6.20 Å². The summed E-state index contributed by atoms with van der Waals surface area (Å²) in [6.45, 7) is 8.85. The Morgan fingerprint density at radius 2 is 1.86 bits per heavy atom. The van der Waals surface area contributed by atoms with Gasteiger partial charge in [0.1, 0.15) is 0 Å². The lowest BCUT2D eigenvalue weighted by molar-refractivity contribution is -0.00778. The summed E-state index contributed by atoms with van der Waals surface area (Å²) >= 11 is 9.49. The van der Waals surface area contributed by atoms with Crippen LogP contribution in [0.5, 0.6) is 0 Å². The molecule has 1 fully saturated rings. The van der Waals surface area contributed by atoms with Crippen LogP contribution in [0.25, 0.3) is 0 Å². The normalized spacial score (nSPS) is 19.4. The van der Waals surface area contributed by atoms with Crippen LogP contribution < -0.4 is 10.6 Å². The number of anilines is 3. The molecule has 3 rings (SSSR count). The Balaban J connectivity index is 1.79. The van der Waals surface area contributed by atoms with Crippen LogP contribution in [0.2, 0.25) is 5.02 Å². The van der Waals surface area contributed by atoms with Gasteiger partial charge in [-0.05, 0) is 81.7 Å². The molecular weight excluding hydrogens is 445 g/mol. The maximum atomic E-state index is 14.4. The molecule has 1 saturated heterocycles. The predicted octanol–water partition coefficient (Wildman–Crippen LogP) is 5.84. The second-order valence-electron chi connectivity index (χ2n) is 8.58. The van der Waals surface area contributed by atoms with E-state index < -0.39 is 5.82 Å². The number of likely N-dealkylation sites (tertiary alicyclic amines) is 1. The van der Waals surface area contributed by atoms with Crippen molar-refractivity contribution in [2.75, 3.05) is 17.7 Å². The van der Waals surface area contributed by atoms with Gasteiger partial charge in [0.05, 0.1) is 11.2 Å². The number of halogens is 3. The average Bonchev–Trinajstić information content (AvgIpc) is 2.58. The second kappa shape index (κ2) is 7.76. The molecule has 1 aliphatic rings.